The van der Waals surface area contributed by atoms with Crippen LogP contribution in [0.1, 0.15) is 43.4 Å². The minimum absolute atomic E-state index is 0.0363. The summed E-state index contributed by atoms with van der Waals surface area (Å²) in [6.45, 7) is 8.17. The Bertz CT molecular complexity index is 1490. The number of benzene rings is 3. The van der Waals surface area contributed by atoms with E-state index >= 15 is 0 Å². The lowest BCUT2D eigenvalue weighted by Crippen LogP contribution is -2.25. The average molecular weight is 477 g/mol. The second-order valence-corrected chi connectivity index (χ2v) is 10.6. The first kappa shape index (κ1) is 23.7. The molecule has 4 aromatic rings. The molecule has 0 bridgehead atoms. The Hall–Kier alpha value is -4.05. The van der Waals surface area contributed by atoms with E-state index in [1.54, 1.807) is 0 Å². The third-order valence-electron chi connectivity index (χ3n) is 7.12. The first-order valence-corrected chi connectivity index (χ1v) is 12.4. The van der Waals surface area contributed by atoms with Crippen molar-refractivity contribution in [3.05, 3.63) is 101 Å². The van der Waals surface area contributed by atoms with Gasteiger partial charge in [0.1, 0.15) is 5.76 Å². The topological polar surface area (TPSA) is 68.2 Å². The van der Waals surface area contributed by atoms with Crippen molar-refractivity contribution in [2.45, 2.75) is 40.5 Å². The standard InChI is InChI=1S/C32H32N2O2/c1-20-15-25(33)27(16-21(20)2)34-26(22-11-7-5-8-12-22)17-24(31(34)23-13-9-6-10-14-23)30-28(35)18-32(3,4)19-29(30)36/h5-17,35H,18-19,33H2,1-4H3. The van der Waals surface area contributed by atoms with Crippen molar-refractivity contribution in [1.82, 2.24) is 4.57 Å². The Balaban J connectivity index is 1.92. The molecule has 0 spiro atoms. The van der Waals surface area contributed by atoms with Gasteiger partial charge in [0, 0.05) is 18.4 Å². The van der Waals surface area contributed by atoms with Crippen molar-refractivity contribution in [3.8, 4) is 28.2 Å². The second-order valence-electron chi connectivity index (χ2n) is 10.6. The third-order valence-corrected chi connectivity index (χ3v) is 7.12. The SMILES string of the molecule is Cc1cc(N)c(-n2c(-c3ccccc3)cc(C3=C(O)CC(C)(C)CC3=O)c2-c2ccccc2)cc1C. The predicted octanol–water partition coefficient (Wildman–Crippen LogP) is 7.67. The Labute approximate surface area is 212 Å². The summed E-state index contributed by atoms with van der Waals surface area (Å²) < 4.78 is 2.15. The van der Waals surface area contributed by atoms with Crippen molar-refractivity contribution >= 4 is 17.0 Å². The van der Waals surface area contributed by atoms with Crippen LogP contribution >= 0.6 is 0 Å². The number of aromatic nitrogens is 1. The van der Waals surface area contributed by atoms with Gasteiger partial charge >= 0.3 is 0 Å². The molecule has 3 aromatic carbocycles. The number of aliphatic hydroxyl groups is 1. The maximum absolute atomic E-state index is 13.5. The zero-order valence-electron chi connectivity index (χ0n) is 21.3. The Morgan fingerprint density at radius 3 is 2.03 bits per heavy atom. The number of Topliss-reactive ketones (excluding diaryl/α,β-unsaturated/α-hetero) is 1. The Morgan fingerprint density at radius 1 is 0.833 bits per heavy atom. The zero-order valence-corrected chi connectivity index (χ0v) is 21.3. The van der Waals surface area contributed by atoms with Crippen LogP contribution in [0.4, 0.5) is 5.69 Å². The van der Waals surface area contributed by atoms with Gasteiger partial charge in [0.25, 0.3) is 0 Å². The van der Waals surface area contributed by atoms with Gasteiger partial charge in [-0.15, -0.1) is 0 Å². The fourth-order valence-electron chi connectivity index (χ4n) is 5.26. The van der Waals surface area contributed by atoms with E-state index in [4.69, 9.17) is 5.73 Å². The number of carbonyl (C=O) groups excluding carboxylic acids is 1. The molecule has 0 amide bonds. The van der Waals surface area contributed by atoms with E-state index in [-0.39, 0.29) is 17.0 Å². The molecule has 1 aliphatic carbocycles. The molecule has 182 valence electrons. The number of ketones is 1. The quantitative estimate of drug-likeness (QED) is 0.297. The summed E-state index contributed by atoms with van der Waals surface area (Å²) in [5.74, 6) is 0.115. The van der Waals surface area contributed by atoms with Crippen LogP contribution in [0.3, 0.4) is 0 Å². The lowest BCUT2D eigenvalue weighted by molar-refractivity contribution is -0.116. The highest BCUT2D eigenvalue weighted by Gasteiger charge is 2.36. The van der Waals surface area contributed by atoms with Crippen LogP contribution in [0, 0.1) is 19.3 Å². The number of carbonyl (C=O) groups is 1. The summed E-state index contributed by atoms with van der Waals surface area (Å²) in [7, 11) is 0. The first-order chi connectivity index (χ1) is 17.2. The van der Waals surface area contributed by atoms with Gasteiger partial charge in [-0.05, 0) is 59.7 Å². The molecule has 1 aromatic heterocycles. The van der Waals surface area contributed by atoms with Crippen molar-refractivity contribution in [1.29, 1.82) is 0 Å². The minimum atomic E-state index is -0.277. The maximum Gasteiger partial charge on any atom is 0.167 e. The summed E-state index contributed by atoms with van der Waals surface area (Å²) in [5, 5.41) is 11.2. The summed E-state index contributed by atoms with van der Waals surface area (Å²) in [6, 6.07) is 26.3. The number of anilines is 1. The van der Waals surface area contributed by atoms with E-state index in [1.807, 2.05) is 74.5 Å². The number of nitrogen functional groups attached to an aromatic ring is 1. The van der Waals surface area contributed by atoms with Gasteiger partial charge in [-0.25, -0.2) is 0 Å². The van der Waals surface area contributed by atoms with Crippen molar-refractivity contribution in [2.24, 2.45) is 5.41 Å². The molecule has 0 fully saturated rings. The van der Waals surface area contributed by atoms with Crippen LogP contribution in [0.2, 0.25) is 0 Å². The van der Waals surface area contributed by atoms with Gasteiger partial charge < -0.3 is 15.4 Å². The lowest BCUT2D eigenvalue weighted by Gasteiger charge is -2.30. The maximum atomic E-state index is 13.5. The van der Waals surface area contributed by atoms with Crippen LogP contribution in [0.5, 0.6) is 0 Å². The molecule has 0 atom stereocenters. The van der Waals surface area contributed by atoms with Gasteiger partial charge in [-0.3, -0.25) is 4.79 Å². The normalized spacial score (nSPS) is 15.4. The molecule has 36 heavy (non-hydrogen) atoms. The Kier molecular flexibility index (Phi) is 5.83. The third kappa shape index (κ3) is 4.13. The zero-order chi connectivity index (χ0) is 25.6. The monoisotopic (exact) mass is 476 g/mol. The molecular weight excluding hydrogens is 444 g/mol. The van der Waals surface area contributed by atoms with Crippen LogP contribution in [0.25, 0.3) is 33.8 Å². The van der Waals surface area contributed by atoms with Crippen LogP contribution < -0.4 is 5.73 Å². The van der Waals surface area contributed by atoms with Gasteiger partial charge in [0.05, 0.1) is 28.3 Å². The average Bonchev–Trinajstić information content (AvgIpc) is 3.21. The molecule has 5 rings (SSSR count). The van der Waals surface area contributed by atoms with Crippen molar-refractivity contribution in [2.75, 3.05) is 5.73 Å². The van der Waals surface area contributed by atoms with E-state index in [0.717, 1.165) is 44.9 Å². The molecule has 0 aliphatic heterocycles. The summed E-state index contributed by atoms with van der Waals surface area (Å²) >= 11 is 0. The molecule has 4 nitrogen and oxygen atoms in total. The smallest absolute Gasteiger partial charge is 0.167 e. The highest BCUT2D eigenvalue weighted by atomic mass is 16.3. The Morgan fingerprint density at radius 2 is 1.42 bits per heavy atom. The van der Waals surface area contributed by atoms with Crippen LogP contribution in [0.15, 0.2) is 84.6 Å². The molecule has 1 aliphatic rings. The van der Waals surface area contributed by atoms with Gasteiger partial charge in [-0.2, -0.15) is 0 Å². The number of nitrogens with zero attached hydrogens (tertiary/aromatic N) is 1. The molecule has 3 N–H and O–H groups in total. The summed E-state index contributed by atoms with van der Waals surface area (Å²) in [4.78, 5) is 13.5. The molecule has 0 saturated carbocycles. The highest BCUT2D eigenvalue weighted by Crippen LogP contribution is 2.46. The summed E-state index contributed by atoms with van der Waals surface area (Å²) in [5.41, 5.74) is 15.0. The van der Waals surface area contributed by atoms with E-state index in [9.17, 15) is 9.90 Å². The van der Waals surface area contributed by atoms with E-state index in [0.29, 0.717) is 24.1 Å². The number of allylic oxidation sites excluding steroid dienone is 2. The van der Waals surface area contributed by atoms with Crippen molar-refractivity contribution in [3.63, 3.8) is 0 Å². The lowest BCUT2D eigenvalue weighted by atomic mass is 9.75. The number of nitrogens with two attached hydrogens (primary N) is 1. The molecule has 0 saturated heterocycles. The molecular formula is C32H32N2O2. The fraction of sp³-hybridized carbons (Fsp3) is 0.219. The van der Waals surface area contributed by atoms with Crippen molar-refractivity contribution < 1.29 is 9.90 Å². The number of aliphatic hydroxyl groups excluding tert-OH is 1. The van der Waals surface area contributed by atoms with Gasteiger partial charge in [0.2, 0.25) is 0 Å². The second kappa shape index (κ2) is 8.87. The minimum Gasteiger partial charge on any atom is -0.512 e. The fourth-order valence-corrected chi connectivity index (χ4v) is 5.26. The van der Waals surface area contributed by atoms with Gasteiger partial charge in [0.15, 0.2) is 5.78 Å². The highest BCUT2D eigenvalue weighted by molar-refractivity contribution is 6.24. The molecule has 1 heterocycles. The van der Waals surface area contributed by atoms with E-state index < -0.39 is 0 Å². The molecule has 0 radical (unpaired) electrons. The largest absolute Gasteiger partial charge is 0.512 e. The van der Waals surface area contributed by atoms with E-state index in [1.165, 1.54) is 0 Å². The first-order valence-electron chi connectivity index (χ1n) is 12.4. The number of hydrogen-bond donors (Lipinski definition) is 2. The predicted molar refractivity (Wildman–Crippen MR) is 148 cm³/mol. The molecule has 0 unspecified atom stereocenters. The molecule has 4 heteroatoms. The van der Waals surface area contributed by atoms with Crippen LogP contribution in [-0.4, -0.2) is 15.5 Å². The number of aryl methyl sites for hydroxylation is 2. The number of hydrogen-bond acceptors (Lipinski definition) is 3. The van der Waals surface area contributed by atoms with E-state index in [2.05, 4.69) is 36.6 Å². The number of rotatable bonds is 4. The van der Waals surface area contributed by atoms with Gasteiger partial charge in [-0.1, -0.05) is 74.5 Å². The van der Waals surface area contributed by atoms with Crippen LogP contribution in [-0.2, 0) is 4.79 Å². The summed E-state index contributed by atoms with van der Waals surface area (Å²) in [6.07, 6.45) is 0.845.